The molecule has 1 aromatic heterocycles. The summed E-state index contributed by atoms with van der Waals surface area (Å²) in [5.41, 5.74) is 4.40. The number of unbranched alkanes of at least 4 members (excludes halogenated alkanes) is 1. The Morgan fingerprint density at radius 2 is 1.40 bits per heavy atom. The van der Waals surface area contributed by atoms with E-state index in [4.69, 9.17) is 4.74 Å². The van der Waals surface area contributed by atoms with E-state index >= 15 is 0 Å². The molecule has 35 heavy (non-hydrogen) atoms. The van der Waals surface area contributed by atoms with Gasteiger partial charge >= 0.3 is 0 Å². The SMILES string of the molecule is Cc1nnc(-c2ccc(-c3ccccc3)cc2)n1-c1ccccc1OCCCCN1CCCCC1. The summed E-state index contributed by atoms with van der Waals surface area (Å²) < 4.78 is 8.38. The van der Waals surface area contributed by atoms with E-state index in [1.54, 1.807) is 0 Å². The minimum atomic E-state index is 0.715. The van der Waals surface area contributed by atoms with E-state index in [0.29, 0.717) is 6.61 Å². The molecule has 5 nitrogen and oxygen atoms in total. The quantitative estimate of drug-likeness (QED) is 0.262. The van der Waals surface area contributed by atoms with Crippen LogP contribution in [0.25, 0.3) is 28.2 Å². The fraction of sp³-hybridized carbons (Fsp3) is 0.333. The summed E-state index contributed by atoms with van der Waals surface area (Å²) in [7, 11) is 0. The van der Waals surface area contributed by atoms with Gasteiger partial charge in [0.05, 0.1) is 12.3 Å². The molecule has 0 unspecified atom stereocenters. The van der Waals surface area contributed by atoms with Crippen LogP contribution in [0, 0.1) is 6.92 Å². The van der Waals surface area contributed by atoms with Gasteiger partial charge in [-0.1, -0.05) is 73.2 Å². The van der Waals surface area contributed by atoms with Crippen molar-refractivity contribution in [1.82, 2.24) is 19.7 Å². The van der Waals surface area contributed by atoms with Crippen molar-refractivity contribution in [1.29, 1.82) is 0 Å². The van der Waals surface area contributed by atoms with E-state index in [9.17, 15) is 0 Å². The molecule has 5 rings (SSSR count). The molecule has 180 valence electrons. The molecule has 3 aromatic carbocycles. The third-order valence-corrected chi connectivity index (χ3v) is 6.76. The Balaban J connectivity index is 1.30. The Kier molecular flexibility index (Phi) is 7.54. The molecule has 0 spiro atoms. The van der Waals surface area contributed by atoms with Crippen molar-refractivity contribution in [3.63, 3.8) is 0 Å². The van der Waals surface area contributed by atoms with E-state index in [2.05, 4.69) is 74.3 Å². The van der Waals surface area contributed by atoms with Crippen molar-refractivity contribution in [2.45, 2.75) is 39.0 Å². The minimum Gasteiger partial charge on any atom is -0.491 e. The first kappa shape index (κ1) is 23.3. The van der Waals surface area contributed by atoms with E-state index in [1.807, 2.05) is 31.2 Å². The van der Waals surface area contributed by atoms with Gasteiger partial charge < -0.3 is 9.64 Å². The van der Waals surface area contributed by atoms with Crippen LogP contribution in [0.1, 0.15) is 37.9 Å². The zero-order valence-corrected chi connectivity index (χ0v) is 20.6. The van der Waals surface area contributed by atoms with Gasteiger partial charge in [0, 0.05) is 5.56 Å². The highest BCUT2D eigenvalue weighted by molar-refractivity contribution is 5.69. The molecule has 0 amide bonds. The number of para-hydroxylation sites is 2. The van der Waals surface area contributed by atoms with Gasteiger partial charge in [0.1, 0.15) is 11.6 Å². The largest absolute Gasteiger partial charge is 0.491 e. The lowest BCUT2D eigenvalue weighted by atomic mass is 10.0. The fourth-order valence-corrected chi connectivity index (χ4v) is 4.85. The number of piperidine rings is 1. The summed E-state index contributed by atoms with van der Waals surface area (Å²) in [6.07, 6.45) is 6.31. The lowest BCUT2D eigenvalue weighted by Gasteiger charge is -2.26. The number of benzene rings is 3. The molecule has 1 saturated heterocycles. The Morgan fingerprint density at radius 1 is 0.714 bits per heavy atom. The first-order chi connectivity index (χ1) is 17.3. The van der Waals surface area contributed by atoms with Gasteiger partial charge in [0.2, 0.25) is 0 Å². The van der Waals surface area contributed by atoms with Crippen LogP contribution < -0.4 is 4.74 Å². The molecule has 1 aliphatic rings. The van der Waals surface area contributed by atoms with Crippen molar-refractivity contribution in [3.05, 3.63) is 84.7 Å². The molecule has 0 saturated carbocycles. The first-order valence-electron chi connectivity index (χ1n) is 12.8. The average Bonchev–Trinajstić information content (AvgIpc) is 3.31. The maximum atomic E-state index is 6.28. The zero-order valence-electron chi connectivity index (χ0n) is 20.6. The first-order valence-corrected chi connectivity index (χ1v) is 12.8. The number of hydrogen-bond donors (Lipinski definition) is 0. The summed E-state index contributed by atoms with van der Waals surface area (Å²) >= 11 is 0. The summed E-state index contributed by atoms with van der Waals surface area (Å²) in [5.74, 6) is 2.53. The molecule has 0 atom stereocenters. The van der Waals surface area contributed by atoms with Crippen LogP contribution in [0.5, 0.6) is 5.75 Å². The second kappa shape index (κ2) is 11.3. The summed E-state index contributed by atoms with van der Waals surface area (Å²) in [6, 6.07) is 27.1. The normalized spacial score (nSPS) is 14.2. The molecular weight excluding hydrogens is 432 g/mol. The van der Waals surface area contributed by atoms with E-state index in [1.165, 1.54) is 56.4 Å². The molecule has 0 N–H and O–H groups in total. The lowest BCUT2D eigenvalue weighted by molar-refractivity contribution is 0.216. The molecule has 0 radical (unpaired) electrons. The highest BCUT2D eigenvalue weighted by Gasteiger charge is 2.16. The van der Waals surface area contributed by atoms with Crippen LogP contribution in [0.2, 0.25) is 0 Å². The van der Waals surface area contributed by atoms with Crippen molar-refractivity contribution in [2.24, 2.45) is 0 Å². The standard InChI is InChI=1S/C30H34N4O/c1-24-31-32-30(27-18-16-26(17-19-27)25-12-4-2-5-13-25)34(24)28-14-6-7-15-29(28)35-23-11-10-22-33-20-8-3-9-21-33/h2,4-7,12-19H,3,8-11,20-23H2,1H3. The molecule has 1 aliphatic heterocycles. The van der Waals surface area contributed by atoms with Gasteiger partial charge in [0.15, 0.2) is 5.82 Å². The maximum Gasteiger partial charge on any atom is 0.168 e. The number of ether oxygens (including phenoxy) is 1. The predicted molar refractivity (Wildman–Crippen MR) is 142 cm³/mol. The van der Waals surface area contributed by atoms with E-state index in [0.717, 1.165) is 35.1 Å². The third kappa shape index (κ3) is 5.63. The topological polar surface area (TPSA) is 43.2 Å². The number of aryl methyl sites for hydroxylation is 1. The lowest BCUT2D eigenvalue weighted by Crippen LogP contribution is -2.30. The number of nitrogens with zero attached hydrogens (tertiary/aromatic N) is 4. The Hall–Kier alpha value is -3.44. The van der Waals surface area contributed by atoms with Crippen molar-refractivity contribution >= 4 is 0 Å². The molecule has 5 heteroatoms. The van der Waals surface area contributed by atoms with Crippen molar-refractivity contribution in [3.8, 4) is 34.0 Å². The second-order valence-corrected chi connectivity index (χ2v) is 9.28. The van der Waals surface area contributed by atoms with Gasteiger partial charge in [0.25, 0.3) is 0 Å². The Bertz CT molecular complexity index is 1210. The van der Waals surface area contributed by atoms with Crippen molar-refractivity contribution < 1.29 is 4.74 Å². The molecule has 4 aromatic rings. The number of aromatic nitrogens is 3. The summed E-state index contributed by atoms with van der Waals surface area (Å²) in [4.78, 5) is 2.59. The van der Waals surface area contributed by atoms with Crippen LogP contribution in [-0.4, -0.2) is 45.9 Å². The Labute approximate surface area is 208 Å². The van der Waals surface area contributed by atoms with E-state index < -0.39 is 0 Å². The van der Waals surface area contributed by atoms with Gasteiger partial charge in [-0.3, -0.25) is 4.57 Å². The smallest absolute Gasteiger partial charge is 0.168 e. The molecule has 2 heterocycles. The number of rotatable bonds is 9. The maximum absolute atomic E-state index is 6.28. The molecule has 0 aliphatic carbocycles. The fourth-order valence-electron chi connectivity index (χ4n) is 4.85. The third-order valence-electron chi connectivity index (χ3n) is 6.76. The van der Waals surface area contributed by atoms with Gasteiger partial charge in [-0.05, 0) is 75.5 Å². The highest BCUT2D eigenvalue weighted by atomic mass is 16.5. The molecular formula is C30H34N4O. The second-order valence-electron chi connectivity index (χ2n) is 9.28. The molecule has 1 fully saturated rings. The van der Waals surface area contributed by atoms with Gasteiger partial charge in [-0.25, -0.2) is 0 Å². The van der Waals surface area contributed by atoms with Gasteiger partial charge in [-0.15, -0.1) is 10.2 Å². The van der Waals surface area contributed by atoms with Crippen molar-refractivity contribution in [2.75, 3.05) is 26.2 Å². The van der Waals surface area contributed by atoms with Crippen LogP contribution in [-0.2, 0) is 0 Å². The number of likely N-dealkylation sites (tertiary alicyclic amines) is 1. The average molecular weight is 467 g/mol. The van der Waals surface area contributed by atoms with Crippen LogP contribution >= 0.6 is 0 Å². The zero-order chi connectivity index (χ0) is 23.9. The minimum absolute atomic E-state index is 0.715. The highest BCUT2D eigenvalue weighted by Crippen LogP contribution is 2.30. The van der Waals surface area contributed by atoms with Crippen LogP contribution in [0.4, 0.5) is 0 Å². The van der Waals surface area contributed by atoms with Crippen LogP contribution in [0.3, 0.4) is 0 Å². The molecule has 0 bridgehead atoms. The van der Waals surface area contributed by atoms with Gasteiger partial charge in [-0.2, -0.15) is 0 Å². The Morgan fingerprint density at radius 3 is 2.20 bits per heavy atom. The monoisotopic (exact) mass is 466 g/mol. The number of hydrogen-bond acceptors (Lipinski definition) is 4. The van der Waals surface area contributed by atoms with Crippen LogP contribution in [0.15, 0.2) is 78.9 Å². The van der Waals surface area contributed by atoms with E-state index in [-0.39, 0.29) is 0 Å². The predicted octanol–water partition coefficient (Wildman–Crippen LogP) is 6.55. The summed E-state index contributed by atoms with van der Waals surface area (Å²) in [5, 5.41) is 8.92. The summed E-state index contributed by atoms with van der Waals surface area (Å²) in [6.45, 7) is 6.40.